The van der Waals surface area contributed by atoms with Crippen molar-refractivity contribution in [1.82, 2.24) is 25.2 Å². The van der Waals surface area contributed by atoms with Gasteiger partial charge >= 0.3 is 0 Å². The van der Waals surface area contributed by atoms with E-state index in [0.717, 1.165) is 43.9 Å². The van der Waals surface area contributed by atoms with Crippen LogP contribution < -0.4 is 5.32 Å². The molecule has 1 aromatic carbocycles. The monoisotopic (exact) mass is 341 g/mol. The second kappa shape index (κ2) is 7.35. The van der Waals surface area contributed by atoms with Crippen molar-refractivity contribution < 1.29 is 4.79 Å². The molecule has 0 unspecified atom stereocenters. The first-order chi connectivity index (χ1) is 12.0. The van der Waals surface area contributed by atoms with E-state index < -0.39 is 0 Å². The summed E-state index contributed by atoms with van der Waals surface area (Å²) in [5.41, 5.74) is 4.89. The van der Waals surface area contributed by atoms with Gasteiger partial charge in [0.1, 0.15) is 0 Å². The average molecular weight is 341 g/mol. The van der Waals surface area contributed by atoms with Crippen molar-refractivity contribution in [1.29, 1.82) is 0 Å². The number of nitrogens with zero attached hydrogens (tertiary/aromatic N) is 4. The Balaban J connectivity index is 1.93. The van der Waals surface area contributed by atoms with Gasteiger partial charge < -0.3 is 5.32 Å². The molecule has 3 rings (SSSR count). The molecule has 1 aliphatic heterocycles. The zero-order valence-corrected chi connectivity index (χ0v) is 15.5. The largest absolute Gasteiger partial charge is 0.348 e. The maximum absolute atomic E-state index is 12.4. The highest BCUT2D eigenvalue weighted by Gasteiger charge is 2.22. The van der Waals surface area contributed by atoms with E-state index in [2.05, 4.69) is 45.7 Å². The molecule has 134 valence electrons. The summed E-state index contributed by atoms with van der Waals surface area (Å²) in [4.78, 5) is 14.9. The zero-order valence-electron chi connectivity index (χ0n) is 15.5. The van der Waals surface area contributed by atoms with E-state index in [4.69, 9.17) is 0 Å². The second-order valence-electron chi connectivity index (χ2n) is 6.75. The van der Waals surface area contributed by atoms with Gasteiger partial charge in [-0.2, -0.15) is 0 Å². The van der Waals surface area contributed by atoms with Gasteiger partial charge in [-0.05, 0) is 50.4 Å². The molecule has 1 amide bonds. The molecular weight excluding hydrogens is 314 g/mol. The molecule has 25 heavy (non-hydrogen) atoms. The molecule has 6 nitrogen and oxygen atoms in total. The molecule has 0 saturated heterocycles. The van der Waals surface area contributed by atoms with Gasteiger partial charge in [0.15, 0.2) is 5.69 Å². The average Bonchev–Trinajstić information content (AvgIpc) is 3.01. The number of amides is 1. The minimum atomic E-state index is -0.153. The fourth-order valence-corrected chi connectivity index (χ4v) is 3.28. The summed E-state index contributed by atoms with van der Waals surface area (Å²) >= 11 is 0. The Kier molecular flexibility index (Phi) is 5.18. The number of nitrogens with one attached hydrogen (secondary N) is 1. The molecular formula is C19H27N5O. The van der Waals surface area contributed by atoms with Crippen LogP contribution in [0.4, 0.5) is 0 Å². The Morgan fingerprint density at radius 2 is 2.16 bits per heavy atom. The van der Waals surface area contributed by atoms with Crippen LogP contribution in [-0.4, -0.2) is 44.9 Å². The number of hydrogen-bond donors (Lipinski definition) is 1. The van der Waals surface area contributed by atoms with Crippen LogP contribution in [0.3, 0.4) is 0 Å². The van der Waals surface area contributed by atoms with Crippen LogP contribution in [-0.2, 0) is 13.0 Å². The number of rotatable bonds is 5. The zero-order chi connectivity index (χ0) is 18.0. The van der Waals surface area contributed by atoms with Gasteiger partial charge in [0.2, 0.25) is 0 Å². The third-order valence-electron chi connectivity index (χ3n) is 5.10. The SMILES string of the molecule is CC[C@H](C)NC(=O)c1nnn(-c2cccc3c2CCN(CC)C3)c1C. The van der Waals surface area contributed by atoms with E-state index >= 15 is 0 Å². The van der Waals surface area contributed by atoms with Crippen LogP contribution in [0.5, 0.6) is 0 Å². The molecule has 1 aromatic heterocycles. The summed E-state index contributed by atoms with van der Waals surface area (Å²) in [6.07, 6.45) is 1.88. The van der Waals surface area contributed by atoms with Gasteiger partial charge in [-0.15, -0.1) is 5.10 Å². The van der Waals surface area contributed by atoms with Gasteiger partial charge in [-0.1, -0.05) is 31.2 Å². The summed E-state index contributed by atoms with van der Waals surface area (Å²) in [5, 5.41) is 11.4. The van der Waals surface area contributed by atoms with Crippen LogP contribution in [0.25, 0.3) is 5.69 Å². The number of likely N-dealkylation sites (N-methyl/N-ethyl adjacent to an activating group) is 1. The van der Waals surface area contributed by atoms with Crippen molar-refractivity contribution in [3.05, 3.63) is 40.7 Å². The molecule has 0 fully saturated rings. The number of hydrogen-bond acceptors (Lipinski definition) is 4. The van der Waals surface area contributed by atoms with Crippen molar-refractivity contribution in [2.24, 2.45) is 0 Å². The Morgan fingerprint density at radius 3 is 2.88 bits per heavy atom. The standard InChI is InChI=1S/C19H27N5O/c1-5-13(3)20-19(25)18-14(4)24(22-21-18)17-9-7-8-15-12-23(6-2)11-10-16(15)17/h7-9,13H,5-6,10-12H2,1-4H3,(H,20,25)/t13-/m0/s1. The highest BCUT2D eigenvalue weighted by atomic mass is 16.2. The topological polar surface area (TPSA) is 63.1 Å². The van der Waals surface area contributed by atoms with Crippen LogP contribution in [0.1, 0.15) is 54.5 Å². The van der Waals surface area contributed by atoms with E-state index in [1.54, 1.807) is 0 Å². The van der Waals surface area contributed by atoms with E-state index in [1.807, 2.05) is 25.5 Å². The lowest BCUT2D eigenvalue weighted by Gasteiger charge is -2.29. The highest BCUT2D eigenvalue weighted by molar-refractivity contribution is 5.93. The molecule has 1 atom stereocenters. The lowest BCUT2D eigenvalue weighted by Crippen LogP contribution is -2.32. The summed E-state index contributed by atoms with van der Waals surface area (Å²) in [5.74, 6) is -0.153. The fraction of sp³-hybridized carbons (Fsp3) is 0.526. The van der Waals surface area contributed by atoms with Crippen molar-refractivity contribution in [2.75, 3.05) is 13.1 Å². The third-order valence-corrected chi connectivity index (χ3v) is 5.10. The molecule has 2 heterocycles. The van der Waals surface area contributed by atoms with Crippen LogP contribution in [0.2, 0.25) is 0 Å². The molecule has 0 aliphatic carbocycles. The third kappa shape index (κ3) is 3.44. The first-order valence-corrected chi connectivity index (χ1v) is 9.11. The molecule has 1 N–H and O–H groups in total. The van der Waals surface area contributed by atoms with Gasteiger partial charge in [-0.3, -0.25) is 9.69 Å². The van der Waals surface area contributed by atoms with Crippen LogP contribution in [0, 0.1) is 6.92 Å². The predicted octanol–water partition coefficient (Wildman–Crippen LogP) is 2.48. The Bertz CT molecular complexity index is 767. The van der Waals surface area contributed by atoms with Gasteiger partial charge in [0.25, 0.3) is 5.91 Å². The maximum atomic E-state index is 12.4. The molecule has 1 aliphatic rings. The molecule has 0 radical (unpaired) electrons. The summed E-state index contributed by atoms with van der Waals surface area (Å²) in [7, 11) is 0. The fourth-order valence-electron chi connectivity index (χ4n) is 3.28. The van der Waals surface area contributed by atoms with Crippen LogP contribution >= 0.6 is 0 Å². The van der Waals surface area contributed by atoms with Crippen molar-refractivity contribution in [3.8, 4) is 5.69 Å². The Labute approximate surface area is 149 Å². The predicted molar refractivity (Wildman–Crippen MR) is 98.0 cm³/mol. The van der Waals surface area contributed by atoms with E-state index in [0.29, 0.717) is 5.69 Å². The molecule has 0 spiro atoms. The first-order valence-electron chi connectivity index (χ1n) is 9.11. The summed E-state index contributed by atoms with van der Waals surface area (Å²) in [6, 6.07) is 6.44. The van der Waals surface area contributed by atoms with Gasteiger partial charge in [-0.25, -0.2) is 4.68 Å². The first kappa shape index (κ1) is 17.6. The minimum Gasteiger partial charge on any atom is -0.348 e. The van der Waals surface area contributed by atoms with Gasteiger partial charge in [0, 0.05) is 19.1 Å². The van der Waals surface area contributed by atoms with E-state index in [1.165, 1.54) is 11.1 Å². The van der Waals surface area contributed by atoms with Crippen LogP contribution in [0.15, 0.2) is 18.2 Å². The minimum absolute atomic E-state index is 0.126. The lowest BCUT2D eigenvalue weighted by atomic mass is 9.97. The number of fused-ring (bicyclic) bond motifs is 1. The quantitative estimate of drug-likeness (QED) is 0.907. The number of benzene rings is 1. The normalized spacial score (nSPS) is 15.7. The second-order valence-corrected chi connectivity index (χ2v) is 6.75. The van der Waals surface area contributed by atoms with Crippen molar-refractivity contribution in [2.45, 2.75) is 53.1 Å². The number of aromatic nitrogens is 3. The van der Waals surface area contributed by atoms with Crippen molar-refractivity contribution >= 4 is 5.91 Å². The molecule has 2 aromatic rings. The summed E-state index contributed by atoms with van der Waals surface area (Å²) in [6.45, 7) is 11.2. The Morgan fingerprint density at radius 1 is 1.36 bits per heavy atom. The Hall–Kier alpha value is -2.21. The smallest absolute Gasteiger partial charge is 0.273 e. The van der Waals surface area contributed by atoms with Gasteiger partial charge in [0.05, 0.1) is 11.4 Å². The number of carbonyl (C=O) groups is 1. The van der Waals surface area contributed by atoms with E-state index in [-0.39, 0.29) is 11.9 Å². The molecule has 0 bridgehead atoms. The highest BCUT2D eigenvalue weighted by Crippen LogP contribution is 2.26. The number of carbonyl (C=O) groups excluding carboxylic acids is 1. The van der Waals surface area contributed by atoms with E-state index in [9.17, 15) is 4.79 Å². The summed E-state index contributed by atoms with van der Waals surface area (Å²) < 4.78 is 1.81. The van der Waals surface area contributed by atoms with Crippen molar-refractivity contribution in [3.63, 3.8) is 0 Å². The maximum Gasteiger partial charge on any atom is 0.273 e. The molecule has 6 heteroatoms. The molecule has 0 saturated carbocycles. The lowest BCUT2D eigenvalue weighted by molar-refractivity contribution is 0.0933.